The van der Waals surface area contributed by atoms with Gasteiger partial charge in [-0.1, -0.05) is 263 Å². The first-order valence-electron chi connectivity index (χ1n) is 36.6. The molecule has 0 aromatic heterocycles. The van der Waals surface area contributed by atoms with Crippen LogP contribution in [0.3, 0.4) is 0 Å². The van der Waals surface area contributed by atoms with Crippen molar-refractivity contribution in [3.8, 4) is 0 Å². The SMILES string of the molecule is CCCCCCCCCC/C=C\CCCCCCCCCCCCCCCCCC(=O)NC(COC1OC(CO)C(OC2OC(CO)C(OC3OC(CO)C(O)C(O)C3O)C(O)C2O)C(O)C1O)C(O)/C=C/CCCCCCCCCCCCCCCCCC. The number of ether oxygens (including phenoxy) is 6. The van der Waals surface area contributed by atoms with Crippen LogP contribution in [0, 0.1) is 0 Å². The smallest absolute Gasteiger partial charge is 0.220 e. The molecular formula is C71H133NO18. The lowest BCUT2D eigenvalue weighted by molar-refractivity contribution is -0.379. The second kappa shape index (κ2) is 53.4. The van der Waals surface area contributed by atoms with Gasteiger partial charge in [-0.3, -0.25) is 4.79 Å². The third-order valence-electron chi connectivity index (χ3n) is 18.5. The fourth-order valence-electron chi connectivity index (χ4n) is 12.5. The molecule has 0 aliphatic carbocycles. The highest BCUT2D eigenvalue weighted by molar-refractivity contribution is 5.76. The topological polar surface area (TPSA) is 307 Å². The number of aliphatic hydroxyl groups excluding tert-OH is 11. The summed E-state index contributed by atoms with van der Waals surface area (Å²) in [5.74, 6) is -0.271. The fraction of sp³-hybridized carbons (Fsp3) is 0.930. The van der Waals surface area contributed by atoms with E-state index in [1.807, 2.05) is 6.08 Å². The van der Waals surface area contributed by atoms with E-state index in [1.54, 1.807) is 6.08 Å². The first-order valence-corrected chi connectivity index (χ1v) is 36.6. The van der Waals surface area contributed by atoms with E-state index in [1.165, 1.54) is 218 Å². The lowest BCUT2D eigenvalue weighted by Crippen LogP contribution is -2.66. The molecular weight excluding hydrogens is 1150 g/mol. The first kappa shape index (κ1) is 82.5. The molecule has 19 heteroatoms. The lowest BCUT2D eigenvalue weighted by Gasteiger charge is -2.48. The van der Waals surface area contributed by atoms with Crippen molar-refractivity contribution in [2.75, 3.05) is 26.4 Å². The number of allylic oxidation sites excluding steroid dienone is 3. The molecule has 3 fully saturated rings. The molecule has 90 heavy (non-hydrogen) atoms. The van der Waals surface area contributed by atoms with Crippen LogP contribution in [-0.4, -0.2) is 193 Å². The number of hydrogen-bond donors (Lipinski definition) is 12. The molecule has 0 spiro atoms. The van der Waals surface area contributed by atoms with Crippen molar-refractivity contribution in [1.29, 1.82) is 0 Å². The van der Waals surface area contributed by atoms with E-state index >= 15 is 0 Å². The zero-order valence-corrected chi connectivity index (χ0v) is 56.1. The highest BCUT2D eigenvalue weighted by Crippen LogP contribution is 2.33. The predicted octanol–water partition coefficient (Wildman–Crippen LogP) is 10.2. The molecule has 3 saturated heterocycles. The molecule has 3 aliphatic heterocycles. The molecule has 3 aliphatic rings. The van der Waals surface area contributed by atoms with Crippen molar-refractivity contribution in [3.05, 3.63) is 24.3 Å². The molecule has 3 heterocycles. The Balaban J connectivity index is 1.41. The summed E-state index contributed by atoms with van der Waals surface area (Å²) in [6.45, 7) is 1.77. The highest BCUT2D eigenvalue weighted by Gasteiger charge is 2.53. The van der Waals surface area contributed by atoms with Gasteiger partial charge in [0.1, 0.15) is 73.2 Å². The average Bonchev–Trinajstić information content (AvgIpc) is 0.866. The summed E-state index contributed by atoms with van der Waals surface area (Å²) in [6, 6.07) is -0.971. The summed E-state index contributed by atoms with van der Waals surface area (Å²) >= 11 is 0. The minimum absolute atomic E-state index is 0.247. The van der Waals surface area contributed by atoms with Gasteiger partial charge >= 0.3 is 0 Å². The van der Waals surface area contributed by atoms with Gasteiger partial charge < -0.3 is 89.9 Å². The fourth-order valence-corrected chi connectivity index (χ4v) is 12.5. The van der Waals surface area contributed by atoms with Gasteiger partial charge in [-0.15, -0.1) is 0 Å². The van der Waals surface area contributed by atoms with Gasteiger partial charge in [0, 0.05) is 6.42 Å². The number of unbranched alkanes of at least 4 members (excludes halogenated alkanes) is 39. The normalized spacial score (nSPS) is 28.1. The molecule has 530 valence electrons. The third-order valence-corrected chi connectivity index (χ3v) is 18.5. The molecule has 17 atom stereocenters. The van der Waals surface area contributed by atoms with Crippen LogP contribution in [0.4, 0.5) is 0 Å². The van der Waals surface area contributed by atoms with Crippen LogP contribution in [0.25, 0.3) is 0 Å². The van der Waals surface area contributed by atoms with Crippen LogP contribution in [-0.2, 0) is 33.2 Å². The summed E-state index contributed by atoms with van der Waals surface area (Å²) in [4.78, 5) is 13.4. The molecule has 1 amide bonds. The summed E-state index contributed by atoms with van der Waals surface area (Å²) in [5.41, 5.74) is 0. The number of hydrogen-bond acceptors (Lipinski definition) is 18. The average molecular weight is 1290 g/mol. The van der Waals surface area contributed by atoms with Gasteiger partial charge in [0.15, 0.2) is 18.9 Å². The maximum absolute atomic E-state index is 13.4. The van der Waals surface area contributed by atoms with Gasteiger partial charge in [0.25, 0.3) is 0 Å². The molecule has 0 saturated carbocycles. The van der Waals surface area contributed by atoms with E-state index in [4.69, 9.17) is 28.4 Å². The van der Waals surface area contributed by atoms with E-state index in [9.17, 15) is 61.0 Å². The zero-order valence-electron chi connectivity index (χ0n) is 56.1. The number of carbonyl (C=O) groups is 1. The molecule has 0 aromatic carbocycles. The number of carbonyl (C=O) groups excluding carboxylic acids is 1. The zero-order chi connectivity index (χ0) is 65.4. The Kier molecular flexibility index (Phi) is 49.0. The van der Waals surface area contributed by atoms with Crippen LogP contribution < -0.4 is 5.32 Å². The number of nitrogens with one attached hydrogen (secondary N) is 1. The Morgan fingerprint density at radius 3 is 1.08 bits per heavy atom. The van der Waals surface area contributed by atoms with Gasteiger partial charge in [-0.05, 0) is 44.9 Å². The third kappa shape index (κ3) is 34.8. The summed E-state index contributed by atoms with van der Waals surface area (Å²) < 4.78 is 34.4. The molecule has 0 aromatic rings. The Bertz CT molecular complexity index is 1730. The van der Waals surface area contributed by atoms with E-state index in [-0.39, 0.29) is 18.9 Å². The van der Waals surface area contributed by atoms with E-state index < -0.39 is 124 Å². The monoisotopic (exact) mass is 1290 g/mol. The van der Waals surface area contributed by atoms with E-state index in [0.717, 1.165) is 44.9 Å². The maximum atomic E-state index is 13.4. The van der Waals surface area contributed by atoms with Crippen LogP contribution >= 0.6 is 0 Å². The van der Waals surface area contributed by atoms with E-state index in [0.29, 0.717) is 6.42 Å². The number of rotatable bonds is 57. The molecule has 0 radical (unpaired) electrons. The van der Waals surface area contributed by atoms with Crippen molar-refractivity contribution < 1.29 is 89.4 Å². The maximum Gasteiger partial charge on any atom is 0.220 e. The summed E-state index contributed by atoms with van der Waals surface area (Å²) in [7, 11) is 0. The summed E-state index contributed by atoms with van der Waals surface area (Å²) in [5, 5.41) is 121. The van der Waals surface area contributed by atoms with Gasteiger partial charge in [0.05, 0.1) is 38.6 Å². The van der Waals surface area contributed by atoms with Crippen LogP contribution in [0.2, 0.25) is 0 Å². The van der Waals surface area contributed by atoms with Crippen molar-refractivity contribution in [2.45, 2.75) is 394 Å². The van der Waals surface area contributed by atoms with Crippen LogP contribution in [0.15, 0.2) is 24.3 Å². The first-order chi connectivity index (χ1) is 43.8. The van der Waals surface area contributed by atoms with Crippen molar-refractivity contribution in [3.63, 3.8) is 0 Å². The van der Waals surface area contributed by atoms with Crippen molar-refractivity contribution in [2.24, 2.45) is 0 Å². The van der Waals surface area contributed by atoms with Crippen molar-refractivity contribution in [1.82, 2.24) is 5.32 Å². The number of amides is 1. The van der Waals surface area contributed by atoms with Gasteiger partial charge in [-0.2, -0.15) is 0 Å². The van der Waals surface area contributed by atoms with Gasteiger partial charge in [0.2, 0.25) is 5.91 Å². The Hall–Kier alpha value is -1.73. The van der Waals surface area contributed by atoms with Crippen LogP contribution in [0.5, 0.6) is 0 Å². The lowest BCUT2D eigenvalue weighted by atomic mass is 9.96. The predicted molar refractivity (Wildman–Crippen MR) is 351 cm³/mol. The Morgan fingerprint density at radius 1 is 0.389 bits per heavy atom. The molecule has 12 N–H and O–H groups in total. The van der Waals surface area contributed by atoms with Crippen molar-refractivity contribution >= 4 is 5.91 Å². The molecule has 19 nitrogen and oxygen atoms in total. The minimum Gasteiger partial charge on any atom is -0.394 e. The standard InChI is InChI=1S/C71H133NO18/c1-3-5-7-9-11-13-15-17-19-21-23-24-25-26-27-28-29-30-31-33-35-37-39-41-43-45-47-49-59(77)72-54(55(76)48-46-44-42-40-38-36-34-32-22-20-18-16-14-12-10-8-6-4-2)53-85-69-65(83)62(80)67(57(51-74)87-69)90-71-66(84)63(81)68(58(52-75)88-71)89-70-64(82)61(79)60(78)56(50-73)86-70/h21,23,46,48,54-58,60-71,73-76,78-84H,3-20,22,24-45,47,49-53H2,1-2H3,(H,72,77)/b23-21-,48-46+. The number of aliphatic hydroxyl groups is 11. The Morgan fingerprint density at radius 2 is 0.700 bits per heavy atom. The van der Waals surface area contributed by atoms with Gasteiger partial charge in [-0.25, -0.2) is 0 Å². The largest absolute Gasteiger partial charge is 0.394 e. The summed E-state index contributed by atoms with van der Waals surface area (Å²) in [6.07, 6.45) is 34.4. The second-order valence-electron chi connectivity index (χ2n) is 26.4. The van der Waals surface area contributed by atoms with Crippen LogP contribution in [0.1, 0.15) is 290 Å². The minimum atomic E-state index is -1.98. The quantitative estimate of drug-likeness (QED) is 0.0199. The molecule has 0 bridgehead atoms. The highest BCUT2D eigenvalue weighted by atomic mass is 16.8. The van der Waals surface area contributed by atoms with E-state index in [2.05, 4.69) is 31.3 Å². The molecule has 3 rings (SSSR count). The second-order valence-corrected chi connectivity index (χ2v) is 26.4. The Labute approximate surface area is 543 Å². The molecule has 17 unspecified atom stereocenters.